The van der Waals surface area contributed by atoms with E-state index in [1.807, 2.05) is 18.2 Å². The second kappa shape index (κ2) is 46.6. The first-order valence-corrected chi connectivity index (χ1v) is 41.9. The van der Waals surface area contributed by atoms with Crippen LogP contribution in [0.1, 0.15) is 152 Å². The van der Waals surface area contributed by atoms with Gasteiger partial charge in [-0.05, 0) is 171 Å². The summed E-state index contributed by atoms with van der Waals surface area (Å²) in [6.45, 7) is 16.3. The van der Waals surface area contributed by atoms with E-state index in [1.165, 1.54) is 92.2 Å². The van der Waals surface area contributed by atoms with Crippen LogP contribution in [-0.4, -0.2) is 168 Å². The molecule has 3 amide bonds. The van der Waals surface area contributed by atoms with Crippen molar-refractivity contribution in [3.05, 3.63) is 331 Å². The maximum Gasteiger partial charge on any atom is 1.00 e. The quantitative estimate of drug-likeness (QED) is 0.0310. The van der Waals surface area contributed by atoms with Crippen molar-refractivity contribution >= 4 is 123 Å². The summed E-state index contributed by atoms with van der Waals surface area (Å²) in [7, 11) is 10.1. The maximum atomic E-state index is 12.9. The fourth-order valence-electron chi connectivity index (χ4n) is 12.3. The average Bonchev–Trinajstić information content (AvgIpc) is 0.867. The van der Waals surface area contributed by atoms with Gasteiger partial charge >= 0.3 is 176 Å². The van der Waals surface area contributed by atoms with Crippen LogP contribution < -0.4 is 72.8 Å². The number of pyridine rings is 7. The third-order valence-corrected chi connectivity index (χ3v) is 19.3. The monoisotopic (exact) mass is 1940 g/mol. The Bertz CT molecular complexity index is 7230. The van der Waals surface area contributed by atoms with Gasteiger partial charge in [-0.2, -0.15) is 30.6 Å². The van der Waals surface area contributed by atoms with Crippen molar-refractivity contribution in [1.82, 2.24) is 110 Å². The number of fused-ring (bicyclic) bond motifs is 6. The number of esters is 3. The Morgan fingerprint density at radius 3 is 0.877 bits per heavy atom. The number of carboxylic acids is 1. The number of nitrogens with one attached hydrogen (secondary N) is 3. The number of nitrogens with two attached hydrogens (primary N) is 1. The van der Waals surface area contributed by atoms with E-state index in [-0.39, 0.29) is 117 Å². The van der Waals surface area contributed by atoms with E-state index >= 15 is 0 Å². The smallest absolute Gasteiger partial charge is 0.543 e. The van der Waals surface area contributed by atoms with Gasteiger partial charge in [0.1, 0.15) is 67.1 Å². The van der Waals surface area contributed by atoms with Crippen LogP contribution in [0, 0.1) is 27.3 Å². The molecule has 0 saturated heterocycles. The average molecular weight is 1940 g/mol. The van der Waals surface area contributed by atoms with Crippen molar-refractivity contribution in [1.29, 1.82) is 0 Å². The second-order valence-corrected chi connectivity index (χ2v) is 33.1. The third kappa shape index (κ3) is 27.7. The van der Waals surface area contributed by atoms with Crippen LogP contribution in [0.2, 0.25) is 0 Å². The summed E-state index contributed by atoms with van der Waals surface area (Å²) >= 11 is 2.88. The Labute approximate surface area is 800 Å². The Balaban J connectivity index is 0.000000182. The normalized spacial score (nSPS) is 11.1. The zero-order valence-corrected chi connectivity index (χ0v) is 79.0. The zero-order valence-electron chi connectivity index (χ0n) is 77.2. The summed E-state index contributed by atoms with van der Waals surface area (Å²) in [5, 5.41) is 46.5. The number of carboxylic acid groups (broad SMARTS) is 1. The first-order chi connectivity index (χ1) is 64.8. The van der Waals surface area contributed by atoms with Gasteiger partial charge in [-0.1, -0.05) is 24.3 Å². The summed E-state index contributed by atoms with van der Waals surface area (Å²) < 4.78 is 76.1. The second-order valence-electron chi connectivity index (χ2n) is 32.2. The molecular weight excluding hydrogens is 1860 g/mol. The molecule has 0 unspecified atom stereocenters. The van der Waals surface area contributed by atoms with Crippen molar-refractivity contribution in [3.63, 3.8) is 0 Å². The van der Waals surface area contributed by atoms with E-state index in [0.717, 1.165) is 28.3 Å². The first-order valence-electron chi connectivity index (χ1n) is 41.1. The van der Waals surface area contributed by atoms with E-state index in [2.05, 4.69) is 102 Å². The molecule has 706 valence electrons. The number of carbonyl (C=O) groups is 7. The van der Waals surface area contributed by atoms with Crippen LogP contribution in [0.4, 0.5) is 17.6 Å². The molecule has 16 rings (SSSR count). The van der Waals surface area contributed by atoms with Gasteiger partial charge in [0.2, 0.25) is 38.8 Å². The van der Waals surface area contributed by atoms with Crippen molar-refractivity contribution in [2.45, 2.75) is 98.8 Å². The van der Waals surface area contributed by atoms with Gasteiger partial charge in [0, 0.05) is 85.5 Å². The molecule has 0 bridgehead atoms. The number of hydrogen-bond acceptors (Lipinski definition) is 30. The van der Waals surface area contributed by atoms with E-state index in [9.17, 15) is 75.4 Å². The molecule has 138 heavy (non-hydrogen) atoms. The number of ether oxygens (including phenoxy) is 3. The van der Waals surface area contributed by atoms with E-state index in [0.29, 0.717) is 49.2 Å². The van der Waals surface area contributed by atoms with Crippen molar-refractivity contribution in [2.24, 2.45) is 53.2 Å². The molecule has 45 heteroatoms. The molecule has 0 spiro atoms. The SMILES string of the molecule is Cn1nc(C(=O)NCc2ccc(F)cc2)c(=NN)c2ncccc21.Cn1nc(C(=O)NCc2ccc(F)cc2)c(=O)c2ncccc21.Cn1nc(C(=O)NCc2ccc(F)cc2)c(=[Se])c2ncccc21.Cn1nc(C(=O)OC(C)(C)C)c(=O)c2ncccc21.Cn1nc(C(=O)OC(C)(C)C)c(=O)c2ncccc21.Cn1nc(C(=O)OC(C)(C)C)c(=O)c2ncccc21.O=C([O-])c1ncccc1F.[Li+]. The van der Waals surface area contributed by atoms with Gasteiger partial charge in [-0.25, -0.2) is 27.6 Å². The Morgan fingerprint density at radius 2 is 0.587 bits per heavy atom. The van der Waals surface area contributed by atoms with Crippen LogP contribution in [0.3, 0.4) is 0 Å². The fraction of sp³-hybridized carbons (Fsp3) is 0.226. The van der Waals surface area contributed by atoms with E-state index in [1.54, 1.807) is 217 Å². The van der Waals surface area contributed by atoms with Gasteiger partial charge in [0.15, 0.2) is 17.2 Å². The number of hydrogen-bond donors (Lipinski definition) is 4. The summed E-state index contributed by atoms with van der Waals surface area (Å²) in [5.74, 6) is -1.57. The van der Waals surface area contributed by atoms with Crippen LogP contribution >= 0.6 is 0 Å². The van der Waals surface area contributed by atoms with Crippen molar-refractivity contribution < 1.29 is 89.3 Å². The summed E-state index contributed by atoms with van der Waals surface area (Å²) in [6, 6.07) is 40.8. The largest absolute Gasteiger partial charge is 1.00 e. The number of rotatable bonds is 13. The molecule has 13 heterocycles. The summed E-state index contributed by atoms with van der Waals surface area (Å²) in [4.78, 5) is 160. The minimum absolute atomic E-state index is 0. The number of benzene rings is 3. The van der Waals surface area contributed by atoms with E-state index < -0.39 is 85.7 Å². The van der Waals surface area contributed by atoms with Crippen LogP contribution in [0.15, 0.2) is 225 Å². The number of carbonyl (C=O) groups excluding carboxylic acids is 7. The number of amides is 3. The standard InChI is InChI=1S/C16H15FN6O.C16H13FN4O2.C16H13FN4OSe.3C13H15N3O3.C6H4FNO2.Li/c1-23-12-3-2-8-19-13(12)14(21-18)15(22-23)16(24)20-9-10-4-6-11(17)7-5-10;1-21-12-3-2-8-18-13(12)15(22)14(20-21)16(23)19-9-10-4-6-11(17)7-5-10;1-21-12-3-2-8-18-13(12)15(23)14(20-21)16(22)19-9-10-4-6-11(17)7-5-10;3*1-13(2,3)19-12(18)10-11(17)9-8(16(4)15-10)6-5-7-14-9;7-4-2-1-3-8-5(4)6(9)10;/h2-8H,9,18H2,1H3,(H,20,24);2-8H,9H2,1H3,(H,19,23);2-8H,9H2,1H3,(H,19,22);3*5-7H,1-4H3;1-3H,(H,9,10);/q;;;;;;;+1/p-1. The van der Waals surface area contributed by atoms with Gasteiger partial charge in [0.05, 0.1) is 33.6 Å². The van der Waals surface area contributed by atoms with Crippen LogP contribution in [-0.2, 0) is 76.1 Å². The summed E-state index contributed by atoms with van der Waals surface area (Å²) in [6.07, 6.45) is 10.5. The molecule has 39 nitrogen and oxygen atoms in total. The third-order valence-electron chi connectivity index (χ3n) is 18.5. The molecular formula is C93H89F4LiN24O15Se. The van der Waals surface area contributed by atoms with Gasteiger partial charge < -0.3 is 40.6 Å². The Morgan fingerprint density at radius 1 is 0.348 bits per heavy atom. The van der Waals surface area contributed by atoms with E-state index in [4.69, 9.17) is 20.1 Å². The number of aromatic nitrogens is 19. The molecule has 13 aromatic heterocycles. The minimum atomic E-state index is -1.60. The van der Waals surface area contributed by atoms with Gasteiger partial charge in [0.25, 0.3) is 11.8 Å². The van der Waals surface area contributed by atoms with Crippen LogP contribution in [0.25, 0.3) is 66.2 Å². The predicted molar refractivity (Wildman–Crippen MR) is 492 cm³/mol. The molecule has 0 fully saturated rings. The Kier molecular flexibility index (Phi) is 35.5. The molecule has 0 saturated carbocycles. The molecule has 5 N–H and O–H groups in total. The molecule has 0 aliphatic rings. The zero-order chi connectivity index (χ0) is 100. The number of aromatic carboxylic acids is 1. The minimum Gasteiger partial charge on any atom is -0.543 e. The predicted octanol–water partition coefficient (Wildman–Crippen LogP) is 4.39. The molecule has 0 aliphatic carbocycles. The first kappa shape index (κ1) is 105. The van der Waals surface area contributed by atoms with Crippen molar-refractivity contribution in [3.8, 4) is 0 Å². The Hall–Kier alpha value is -16.3. The molecule has 16 aromatic rings. The summed E-state index contributed by atoms with van der Waals surface area (Å²) in [5.41, 5.74) is 2.74. The fourth-order valence-corrected chi connectivity index (χ4v) is 12.9. The molecule has 0 atom stereocenters. The van der Waals surface area contributed by atoms with Gasteiger partial charge in [-0.3, -0.25) is 82.1 Å². The van der Waals surface area contributed by atoms with Crippen molar-refractivity contribution in [2.75, 3.05) is 0 Å². The van der Waals surface area contributed by atoms with Crippen LogP contribution in [0.5, 0.6) is 0 Å². The maximum absolute atomic E-state index is 12.9. The molecule has 0 aliphatic heterocycles. The topological polar surface area (TPSA) is 510 Å². The molecule has 3 aromatic carbocycles. The molecule has 0 radical (unpaired) electrons. The van der Waals surface area contributed by atoms with Gasteiger partial charge in [-0.15, -0.1) is 0 Å². The number of halogens is 4. The number of nitrogens with zero attached hydrogens (tertiary/aromatic N) is 20. The number of aryl methyl sites for hydroxylation is 6.